The second kappa shape index (κ2) is 11.7. The molecule has 180 valence electrons. The molecule has 6 N–H and O–H groups in total. The van der Waals surface area contributed by atoms with Crippen LogP contribution < -0.4 is 21.9 Å². The minimum atomic E-state index is -0.852. The molecule has 0 unspecified atom stereocenters. The van der Waals surface area contributed by atoms with Crippen molar-refractivity contribution < 1.29 is 24.3 Å². The summed E-state index contributed by atoms with van der Waals surface area (Å²) in [6.45, 7) is 0. The number of nitrogens with one attached hydrogen (secondary N) is 3. The Morgan fingerprint density at radius 2 is 1.59 bits per heavy atom. The molecule has 0 spiro atoms. The van der Waals surface area contributed by atoms with Crippen LogP contribution in [0.3, 0.4) is 0 Å². The molecule has 0 bridgehead atoms. The van der Waals surface area contributed by atoms with E-state index in [-0.39, 0.29) is 36.2 Å². The van der Waals surface area contributed by atoms with Gasteiger partial charge >= 0.3 is 12.0 Å². The van der Waals surface area contributed by atoms with E-state index in [1.165, 1.54) is 11.8 Å². The Morgan fingerprint density at radius 1 is 1.00 bits per heavy atom. The van der Waals surface area contributed by atoms with E-state index >= 15 is 0 Å². The topological polar surface area (TPSA) is 151 Å². The van der Waals surface area contributed by atoms with Crippen molar-refractivity contribution in [1.82, 2.24) is 16.1 Å². The van der Waals surface area contributed by atoms with Gasteiger partial charge in [0, 0.05) is 23.3 Å². The van der Waals surface area contributed by atoms with Gasteiger partial charge in [0.15, 0.2) is 5.78 Å². The van der Waals surface area contributed by atoms with E-state index in [0.29, 0.717) is 25.0 Å². The highest BCUT2D eigenvalue weighted by Gasteiger charge is 2.57. The number of thioether (sulfide) groups is 1. The number of hydrogen-bond acceptors (Lipinski definition) is 6. The molecule has 0 aliphatic carbocycles. The monoisotopic (exact) mass is 484 g/mol. The summed E-state index contributed by atoms with van der Waals surface area (Å²) >= 11 is 1.46. The van der Waals surface area contributed by atoms with Crippen molar-refractivity contribution in [2.24, 2.45) is 5.84 Å². The number of hydrogen-bond donors (Lipinski definition) is 5. The van der Waals surface area contributed by atoms with Gasteiger partial charge in [0.25, 0.3) is 5.91 Å². The number of amides is 3. The van der Waals surface area contributed by atoms with Gasteiger partial charge in [-0.25, -0.2) is 10.6 Å². The summed E-state index contributed by atoms with van der Waals surface area (Å²) in [5, 5.41) is 14.2. The zero-order valence-corrected chi connectivity index (χ0v) is 19.3. The highest BCUT2D eigenvalue weighted by atomic mass is 32.2. The number of benzene rings is 2. The zero-order chi connectivity index (χ0) is 24.6. The number of fused-ring (bicyclic) bond motifs is 1. The number of carboxylic acids is 1. The molecule has 4 rings (SSSR count). The van der Waals surface area contributed by atoms with Gasteiger partial charge in [0.2, 0.25) is 0 Å². The van der Waals surface area contributed by atoms with Crippen LogP contribution in [0.2, 0.25) is 0 Å². The van der Waals surface area contributed by atoms with Crippen molar-refractivity contribution in [2.75, 3.05) is 5.75 Å². The number of carboxylic acid groups (broad SMARTS) is 1. The van der Waals surface area contributed by atoms with Crippen LogP contribution in [-0.2, 0) is 9.59 Å². The minimum Gasteiger partial charge on any atom is -0.481 e. The maximum atomic E-state index is 12.2. The summed E-state index contributed by atoms with van der Waals surface area (Å²) in [5.74, 6) is 4.80. The number of rotatable bonds is 8. The lowest BCUT2D eigenvalue weighted by molar-refractivity contribution is -0.137. The first-order valence-electron chi connectivity index (χ1n) is 11.0. The Labute approximate surface area is 201 Å². The standard InChI is InChI=1S/C13H10O.C11H18N4O4S/c14-13(11-7-3-1-4-8-11)12-9-5-2-6-10-12;12-15-9(18)11(4-2-1-3-7(16)17)8-6(5-20-11)13-10(19)14-8/h1-10H;6,8H,1-5,12H2,(H,15,18)(H,16,17)(H2,13,14,19)/t;6-,8-,11-/m.0/s1. The van der Waals surface area contributed by atoms with E-state index in [9.17, 15) is 19.2 Å². The molecule has 2 aliphatic heterocycles. The Morgan fingerprint density at radius 3 is 2.12 bits per heavy atom. The summed E-state index contributed by atoms with van der Waals surface area (Å²) in [6, 6.07) is 17.9. The van der Waals surface area contributed by atoms with Gasteiger partial charge in [-0.1, -0.05) is 67.1 Å². The molecule has 0 saturated carbocycles. The Balaban J connectivity index is 0.000000202. The van der Waals surface area contributed by atoms with E-state index in [1.807, 2.05) is 60.7 Å². The van der Waals surface area contributed by atoms with Crippen LogP contribution in [0.15, 0.2) is 60.7 Å². The van der Waals surface area contributed by atoms with Crippen molar-refractivity contribution in [3.8, 4) is 0 Å². The molecule has 2 heterocycles. The fraction of sp³-hybridized carbons (Fsp3) is 0.333. The summed E-state index contributed by atoms with van der Waals surface area (Å²) < 4.78 is -0.822. The third-order valence-corrected chi connectivity index (χ3v) is 7.49. The lowest BCUT2D eigenvalue weighted by atomic mass is 9.88. The van der Waals surface area contributed by atoms with Crippen LogP contribution in [-0.4, -0.2) is 51.4 Å². The van der Waals surface area contributed by atoms with Crippen LogP contribution in [0, 0.1) is 0 Å². The predicted octanol–water partition coefficient (Wildman–Crippen LogP) is 2.07. The molecule has 0 radical (unpaired) electrons. The summed E-state index contributed by atoms with van der Waals surface area (Å²) in [7, 11) is 0. The molecule has 10 heteroatoms. The first kappa shape index (κ1) is 25.3. The molecule has 34 heavy (non-hydrogen) atoms. The zero-order valence-electron chi connectivity index (χ0n) is 18.5. The number of ketones is 1. The first-order valence-corrected chi connectivity index (χ1v) is 11.9. The maximum Gasteiger partial charge on any atom is 0.315 e. The van der Waals surface area contributed by atoms with Gasteiger partial charge < -0.3 is 15.7 Å². The fourth-order valence-corrected chi connectivity index (χ4v) is 5.76. The third kappa shape index (κ3) is 5.95. The summed E-state index contributed by atoms with van der Waals surface area (Å²) in [6.07, 6.45) is 1.64. The Kier molecular flexibility index (Phi) is 8.67. The number of hydrazine groups is 1. The molecular weight excluding hydrogens is 456 g/mol. The molecule has 2 aliphatic rings. The lowest BCUT2D eigenvalue weighted by Gasteiger charge is -2.31. The molecule has 2 aromatic rings. The minimum absolute atomic E-state index is 0.0731. The summed E-state index contributed by atoms with van der Waals surface area (Å²) in [5.41, 5.74) is 3.64. The van der Waals surface area contributed by atoms with Gasteiger partial charge in [0.1, 0.15) is 4.75 Å². The average Bonchev–Trinajstić information content (AvgIpc) is 3.40. The fourth-order valence-electron chi connectivity index (χ4n) is 4.12. The molecule has 2 aromatic carbocycles. The van der Waals surface area contributed by atoms with Crippen LogP contribution >= 0.6 is 11.8 Å². The van der Waals surface area contributed by atoms with Crippen molar-refractivity contribution in [3.63, 3.8) is 0 Å². The number of aliphatic carboxylic acids is 1. The number of urea groups is 1. The van der Waals surface area contributed by atoms with Crippen molar-refractivity contribution in [1.29, 1.82) is 0 Å². The molecule has 2 saturated heterocycles. The molecule has 2 fully saturated rings. The average molecular weight is 485 g/mol. The van der Waals surface area contributed by atoms with Crippen LogP contribution in [0.5, 0.6) is 0 Å². The van der Waals surface area contributed by atoms with Gasteiger partial charge in [-0.05, 0) is 12.8 Å². The molecular formula is C24H28N4O5S. The van der Waals surface area contributed by atoms with E-state index in [2.05, 4.69) is 16.1 Å². The normalized spacial score (nSPS) is 22.4. The van der Waals surface area contributed by atoms with Crippen LogP contribution in [0.1, 0.15) is 41.6 Å². The van der Waals surface area contributed by atoms with Crippen molar-refractivity contribution >= 4 is 35.5 Å². The quantitative estimate of drug-likeness (QED) is 0.0961. The molecule has 0 aromatic heterocycles. The lowest BCUT2D eigenvalue weighted by Crippen LogP contribution is -2.57. The van der Waals surface area contributed by atoms with E-state index in [4.69, 9.17) is 10.9 Å². The number of carbonyl (C=O) groups is 4. The molecule has 3 atom stereocenters. The van der Waals surface area contributed by atoms with Gasteiger partial charge in [-0.2, -0.15) is 0 Å². The predicted molar refractivity (Wildman–Crippen MR) is 129 cm³/mol. The third-order valence-electron chi connectivity index (χ3n) is 5.80. The van der Waals surface area contributed by atoms with E-state index < -0.39 is 10.7 Å². The maximum absolute atomic E-state index is 12.2. The highest BCUT2D eigenvalue weighted by Crippen LogP contribution is 2.44. The van der Waals surface area contributed by atoms with E-state index in [1.54, 1.807) is 0 Å². The number of unbranched alkanes of at least 4 members (excludes halogenated alkanes) is 1. The van der Waals surface area contributed by atoms with Gasteiger partial charge in [-0.3, -0.25) is 19.8 Å². The summed E-state index contributed by atoms with van der Waals surface area (Å²) in [4.78, 5) is 45.9. The number of carbonyl (C=O) groups excluding carboxylic acids is 3. The number of nitrogens with two attached hydrogens (primary N) is 1. The van der Waals surface area contributed by atoms with Gasteiger partial charge in [-0.15, -0.1) is 11.8 Å². The Bertz CT molecular complexity index is 979. The second-order valence-corrected chi connectivity index (χ2v) is 9.39. The van der Waals surface area contributed by atoms with Crippen LogP contribution in [0.4, 0.5) is 4.79 Å². The molecule has 9 nitrogen and oxygen atoms in total. The van der Waals surface area contributed by atoms with Crippen LogP contribution in [0.25, 0.3) is 0 Å². The molecule has 3 amide bonds. The SMILES string of the molecule is NNC(=O)[C@@]1(CCCCC(=O)O)SC[C@@H]2NC(=O)N[C@@H]21.O=C(c1ccccc1)c1ccccc1. The van der Waals surface area contributed by atoms with E-state index in [0.717, 1.165) is 11.1 Å². The largest absolute Gasteiger partial charge is 0.481 e. The van der Waals surface area contributed by atoms with Crippen molar-refractivity contribution in [2.45, 2.75) is 42.5 Å². The highest BCUT2D eigenvalue weighted by molar-refractivity contribution is 8.01. The van der Waals surface area contributed by atoms with Crippen molar-refractivity contribution in [3.05, 3.63) is 71.8 Å². The van der Waals surface area contributed by atoms with Gasteiger partial charge in [0.05, 0.1) is 12.1 Å². The Hall–Kier alpha value is -3.37. The smallest absolute Gasteiger partial charge is 0.315 e. The first-order chi connectivity index (χ1) is 16.4. The second-order valence-electron chi connectivity index (χ2n) is 8.04.